The average Bonchev–Trinajstić information content (AvgIpc) is 2.27. The first-order valence-corrected chi connectivity index (χ1v) is 5.91. The number of nitrogens with zero attached hydrogens (tertiary/aromatic N) is 1. The summed E-state index contributed by atoms with van der Waals surface area (Å²) in [5.41, 5.74) is 7.22. The number of aromatic nitrogens is 1. The van der Waals surface area contributed by atoms with Crippen molar-refractivity contribution in [2.75, 3.05) is 0 Å². The molecule has 0 aliphatic heterocycles. The molecule has 0 radical (unpaired) electrons. The molecule has 1 unspecified atom stereocenters. The van der Waals surface area contributed by atoms with E-state index in [2.05, 4.69) is 18.8 Å². The maximum atomic E-state index is 5.70. The Morgan fingerprint density at radius 1 is 1.62 bits per heavy atom. The van der Waals surface area contributed by atoms with E-state index in [1.165, 1.54) is 0 Å². The monoisotopic (exact) mass is 238 g/mol. The van der Waals surface area contributed by atoms with E-state index < -0.39 is 0 Å². The number of nitrogens with two attached hydrogens (primary N) is 1. The lowest BCUT2D eigenvalue weighted by Gasteiger charge is -2.13. The standard InChI is InChI=1S/C12H18N2OS/c1-3-5-9(2)15-8-10-6-4-7-14-11(10)12(13)16/h4,6-7,9H,3,5,8H2,1-2H3,(H2,13,16). The topological polar surface area (TPSA) is 48.1 Å². The van der Waals surface area contributed by atoms with Crippen molar-refractivity contribution in [3.8, 4) is 0 Å². The van der Waals surface area contributed by atoms with Crippen LogP contribution in [0.5, 0.6) is 0 Å². The number of pyridine rings is 1. The number of thiocarbonyl (C=S) groups is 1. The molecule has 0 aliphatic carbocycles. The summed E-state index contributed by atoms with van der Waals surface area (Å²) in [6.45, 7) is 4.73. The van der Waals surface area contributed by atoms with Crippen LogP contribution in [0, 0.1) is 0 Å². The van der Waals surface area contributed by atoms with Crippen molar-refractivity contribution in [2.24, 2.45) is 5.73 Å². The Balaban J connectivity index is 2.63. The second-order valence-electron chi connectivity index (χ2n) is 3.79. The summed E-state index contributed by atoms with van der Waals surface area (Å²) in [5.74, 6) is 0. The fourth-order valence-electron chi connectivity index (χ4n) is 1.50. The van der Waals surface area contributed by atoms with Crippen molar-refractivity contribution in [3.05, 3.63) is 29.6 Å². The molecule has 1 aromatic heterocycles. The Bertz CT molecular complexity index is 355. The van der Waals surface area contributed by atoms with Crippen LogP contribution in [0.1, 0.15) is 37.9 Å². The number of rotatable bonds is 6. The summed E-state index contributed by atoms with van der Waals surface area (Å²) in [6, 6.07) is 3.81. The molecule has 1 aromatic rings. The lowest BCUT2D eigenvalue weighted by atomic mass is 10.2. The Hall–Kier alpha value is -1.00. The number of ether oxygens (including phenoxy) is 1. The highest BCUT2D eigenvalue weighted by atomic mass is 32.1. The molecule has 2 N–H and O–H groups in total. The molecule has 88 valence electrons. The Morgan fingerprint density at radius 2 is 2.38 bits per heavy atom. The fraction of sp³-hybridized carbons (Fsp3) is 0.500. The molecule has 0 fully saturated rings. The molecule has 0 aliphatic rings. The van der Waals surface area contributed by atoms with E-state index in [-0.39, 0.29) is 6.10 Å². The summed E-state index contributed by atoms with van der Waals surface area (Å²) in [5, 5.41) is 0. The highest BCUT2D eigenvalue weighted by Crippen LogP contribution is 2.10. The van der Waals surface area contributed by atoms with Gasteiger partial charge in [0.25, 0.3) is 0 Å². The van der Waals surface area contributed by atoms with Crippen LogP contribution in [0.15, 0.2) is 18.3 Å². The minimum Gasteiger partial charge on any atom is -0.388 e. The highest BCUT2D eigenvalue weighted by Gasteiger charge is 2.07. The normalized spacial score (nSPS) is 12.4. The van der Waals surface area contributed by atoms with E-state index in [0.29, 0.717) is 17.3 Å². The van der Waals surface area contributed by atoms with Gasteiger partial charge in [0.2, 0.25) is 0 Å². The molecule has 16 heavy (non-hydrogen) atoms. The van der Waals surface area contributed by atoms with Crippen LogP contribution in [-0.4, -0.2) is 16.1 Å². The van der Waals surface area contributed by atoms with Gasteiger partial charge in [-0.05, 0) is 19.4 Å². The largest absolute Gasteiger partial charge is 0.388 e. The van der Waals surface area contributed by atoms with Crippen molar-refractivity contribution in [1.82, 2.24) is 4.98 Å². The Morgan fingerprint density at radius 3 is 3.00 bits per heavy atom. The van der Waals surface area contributed by atoms with E-state index >= 15 is 0 Å². The van der Waals surface area contributed by atoms with Crippen LogP contribution in [0.2, 0.25) is 0 Å². The zero-order valence-electron chi connectivity index (χ0n) is 9.77. The summed E-state index contributed by atoms with van der Waals surface area (Å²) in [7, 11) is 0. The van der Waals surface area contributed by atoms with E-state index in [4.69, 9.17) is 22.7 Å². The van der Waals surface area contributed by atoms with E-state index in [0.717, 1.165) is 18.4 Å². The molecule has 0 aromatic carbocycles. The van der Waals surface area contributed by atoms with Gasteiger partial charge in [0.15, 0.2) is 0 Å². The lowest BCUT2D eigenvalue weighted by molar-refractivity contribution is 0.0469. The molecule has 3 nitrogen and oxygen atoms in total. The van der Waals surface area contributed by atoms with Gasteiger partial charge in [0, 0.05) is 11.8 Å². The quantitative estimate of drug-likeness (QED) is 0.773. The molecule has 1 atom stereocenters. The third kappa shape index (κ3) is 3.87. The zero-order valence-corrected chi connectivity index (χ0v) is 10.6. The minimum atomic E-state index is 0.254. The summed E-state index contributed by atoms with van der Waals surface area (Å²) < 4.78 is 5.70. The van der Waals surface area contributed by atoms with E-state index in [1.807, 2.05) is 12.1 Å². The molecular weight excluding hydrogens is 220 g/mol. The number of hydrogen-bond donors (Lipinski definition) is 1. The first kappa shape index (κ1) is 13.1. The highest BCUT2D eigenvalue weighted by molar-refractivity contribution is 7.80. The van der Waals surface area contributed by atoms with Gasteiger partial charge in [-0.3, -0.25) is 4.98 Å². The maximum Gasteiger partial charge on any atom is 0.123 e. The molecule has 0 saturated carbocycles. The second-order valence-corrected chi connectivity index (χ2v) is 4.23. The Labute approximate surface area is 102 Å². The van der Waals surface area contributed by atoms with Gasteiger partial charge in [0.05, 0.1) is 12.7 Å². The molecular formula is C12H18N2OS. The number of hydrogen-bond acceptors (Lipinski definition) is 3. The smallest absolute Gasteiger partial charge is 0.123 e. The first-order chi connectivity index (χ1) is 7.65. The van der Waals surface area contributed by atoms with Crippen molar-refractivity contribution >= 4 is 17.2 Å². The van der Waals surface area contributed by atoms with Crippen LogP contribution in [0.4, 0.5) is 0 Å². The zero-order chi connectivity index (χ0) is 12.0. The summed E-state index contributed by atoms with van der Waals surface area (Å²) >= 11 is 4.94. The van der Waals surface area contributed by atoms with Crippen molar-refractivity contribution in [1.29, 1.82) is 0 Å². The van der Waals surface area contributed by atoms with Crippen molar-refractivity contribution in [2.45, 2.75) is 39.4 Å². The van der Waals surface area contributed by atoms with Gasteiger partial charge in [-0.1, -0.05) is 31.6 Å². The maximum absolute atomic E-state index is 5.70. The van der Waals surface area contributed by atoms with Crippen LogP contribution >= 0.6 is 12.2 Å². The van der Waals surface area contributed by atoms with Crippen molar-refractivity contribution < 1.29 is 4.74 Å². The average molecular weight is 238 g/mol. The predicted molar refractivity (Wildman–Crippen MR) is 69.3 cm³/mol. The predicted octanol–water partition coefficient (Wildman–Crippen LogP) is 2.42. The molecule has 0 bridgehead atoms. The van der Waals surface area contributed by atoms with E-state index in [9.17, 15) is 0 Å². The third-order valence-electron chi connectivity index (χ3n) is 2.34. The van der Waals surface area contributed by atoms with Crippen LogP contribution in [-0.2, 0) is 11.3 Å². The SMILES string of the molecule is CCCC(C)OCc1cccnc1C(N)=S. The van der Waals surface area contributed by atoms with Crippen LogP contribution in [0.3, 0.4) is 0 Å². The fourth-order valence-corrected chi connectivity index (χ4v) is 1.68. The van der Waals surface area contributed by atoms with Gasteiger partial charge < -0.3 is 10.5 Å². The van der Waals surface area contributed by atoms with E-state index in [1.54, 1.807) is 6.20 Å². The van der Waals surface area contributed by atoms with Gasteiger partial charge in [-0.15, -0.1) is 0 Å². The first-order valence-electron chi connectivity index (χ1n) is 5.50. The van der Waals surface area contributed by atoms with Crippen molar-refractivity contribution in [3.63, 3.8) is 0 Å². The molecule has 0 spiro atoms. The van der Waals surface area contributed by atoms with Gasteiger partial charge in [0.1, 0.15) is 10.7 Å². The van der Waals surface area contributed by atoms with Gasteiger partial charge >= 0.3 is 0 Å². The second kappa shape index (κ2) is 6.55. The summed E-state index contributed by atoms with van der Waals surface area (Å²) in [4.78, 5) is 4.48. The Kier molecular flexibility index (Phi) is 5.35. The minimum absolute atomic E-state index is 0.254. The van der Waals surface area contributed by atoms with Gasteiger partial charge in [-0.25, -0.2) is 0 Å². The molecule has 1 heterocycles. The molecule has 4 heteroatoms. The molecule has 1 rings (SSSR count). The molecule has 0 saturated heterocycles. The van der Waals surface area contributed by atoms with Gasteiger partial charge in [-0.2, -0.15) is 0 Å². The molecule has 0 amide bonds. The summed E-state index contributed by atoms with van der Waals surface area (Å²) in [6.07, 6.45) is 4.12. The van der Waals surface area contributed by atoms with Crippen LogP contribution < -0.4 is 5.73 Å². The van der Waals surface area contributed by atoms with Crippen LogP contribution in [0.25, 0.3) is 0 Å². The lowest BCUT2D eigenvalue weighted by Crippen LogP contribution is -2.16. The third-order valence-corrected chi connectivity index (χ3v) is 2.54.